The van der Waals surface area contributed by atoms with Gasteiger partial charge in [0, 0.05) is 37.1 Å². The van der Waals surface area contributed by atoms with Crippen LogP contribution in [0.2, 0.25) is 0 Å². The Labute approximate surface area is 189 Å². The lowest BCUT2D eigenvalue weighted by Gasteiger charge is -2.20. The topological polar surface area (TPSA) is 131 Å². The minimum Gasteiger partial charge on any atom is -0.360 e. The van der Waals surface area contributed by atoms with Crippen molar-refractivity contribution in [1.82, 2.24) is 9.88 Å². The Hall–Kier alpha value is -3.89. The number of carbonyl (C=O) groups excluding carboxylic acids is 2. The van der Waals surface area contributed by atoms with Gasteiger partial charge in [-0.2, -0.15) is 10.5 Å². The van der Waals surface area contributed by atoms with E-state index >= 15 is 0 Å². The highest BCUT2D eigenvalue weighted by Crippen LogP contribution is 2.20. The maximum Gasteiger partial charge on any atom is 0.270 e. The lowest BCUT2D eigenvalue weighted by molar-refractivity contribution is -0.121. The van der Waals surface area contributed by atoms with Crippen molar-refractivity contribution < 1.29 is 9.59 Å². The highest BCUT2D eigenvalue weighted by molar-refractivity contribution is 7.07. The predicted octanol–water partition coefficient (Wildman–Crippen LogP) is 0.713. The van der Waals surface area contributed by atoms with Gasteiger partial charge in [0.1, 0.15) is 21.8 Å². The fraction of sp³-hybridized carbons (Fsp3) is 0.318. The Kier molecular flexibility index (Phi) is 8.33. The second-order valence-electron chi connectivity index (χ2n) is 7.04. The lowest BCUT2D eigenvalue weighted by atomic mass is 10.1. The van der Waals surface area contributed by atoms with Crippen molar-refractivity contribution in [2.75, 3.05) is 23.8 Å². The molecule has 0 atom stereocenters. The quantitative estimate of drug-likeness (QED) is 0.595. The first-order valence-electron chi connectivity index (χ1n) is 9.88. The number of hydrogen-bond acceptors (Lipinski definition) is 7. The van der Waals surface area contributed by atoms with Gasteiger partial charge in [-0.05, 0) is 25.1 Å². The molecule has 1 heterocycles. The summed E-state index contributed by atoms with van der Waals surface area (Å²) in [6, 6.07) is 10.8. The van der Waals surface area contributed by atoms with Crippen molar-refractivity contribution in [3.63, 3.8) is 0 Å². The molecular weight excluding hydrogens is 428 g/mol. The van der Waals surface area contributed by atoms with E-state index in [2.05, 4.69) is 10.6 Å². The number of anilines is 2. The minimum atomic E-state index is -0.706. The molecule has 9 nitrogen and oxygen atoms in total. The Morgan fingerprint density at radius 1 is 1.31 bits per heavy atom. The van der Waals surface area contributed by atoms with Crippen LogP contribution < -0.4 is 30.3 Å². The molecule has 2 aromatic rings. The van der Waals surface area contributed by atoms with Crippen LogP contribution in [-0.2, 0) is 16.1 Å². The van der Waals surface area contributed by atoms with Gasteiger partial charge in [0.2, 0.25) is 5.91 Å². The summed E-state index contributed by atoms with van der Waals surface area (Å²) in [4.78, 5) is 38.8. The van der Waals surface area contributed by atoms with Gasteiger partial charge >= 0.3 is 0 Å². The first-order valence-corrected chi connectivity index (χ1v) is 10.7. The van der Waals surface area contributed by atoms with E-state index in [9.17, 15) is 19.6 Å². The van der Waals surface area contributed by atoms with Gasteiger partial charge in [0.15, 0.2) is 5.57 Å². The van der Waals surface area contributed by atoms with E-state index in [1.807, 2.05) is 26.0 Å². The van der Waals surface area contributed by atoms with E-state index in [1.165, 1.54) is 10.8 Å². The molecule has 32 heavy (non-hydrogen) atoms. The van der Waals surface area contributed by atoms with E-state index in [0.717, 1.165) is 11.3 Å². The van der Waals surface area contributed by atoms with E-state index in [-0.39, 0.29) is 40.7 Å². The Balaban J connectivity index is 2.47. The summed E-state index contributed by atoms with van der Waals surface area (Å²) >= 11 is 1.01. The maximum absolute atomic E-state index is 12.8. The number of rotatable bonds is 7. The van der Waals surface area contributed by atoms with Crippen molar-refractivity contribution in [2.45, 2.75) is 27.3 Å². The zero-order valence-corrected chi connectivity index (χ0v) is 19.1. The molecule has 0 aliphatic carbocycles. The van der Waals surface area contributed by atoms with Gasteiger partial charge in [-0.25, -0.2) is 0 Å². The number of benzene rings is 1. The van der Waals surface area contributed by atoms with E-state index in [0.29, 0.717) is 15.9 Å². The van der Waals surface area contributed by atoms with Crippen LogP contribution in [0, 0.1) is 28.6 Å². The molecule has 0 radical (unpaired) electrons. The molecule has 2 N–H and O–H groups in total. The van der Waals surface area contributed by atoms with Crippen LogP contribution in [0.15, 0.2) is 29.1 Å². The normalized spacial score (nSPS) is 12.0. The number of nitrogens with zero attached hydrogens (tertiary/aromatic N) is 4. The molecule has 0 fully saturated rings. The van der Waals surface area contributed by atoms with Gasteiger partial charge in [-0.15, -0.1) is 11.3 Å². The number of amides is 2. The van der Waals surface area contributed by atoms with Gasteiger partial charge in [0.25, 0.3) is 11.5 Å². The molecule has 1 aromatic heterocycles. The monoisotopic (exact) mass is 452 g/mol. The number of nitriles is 2. The zero-order chi connectivity index (χ0) is 23.8. The first kappa shape index (κ1) is 24.4. The van der Waals surface area contributed by atoms with Crippen LogP contribution in [0.4, 0.5) is 11.4 Å². The molecule has 0 saturated carbocycles. The number of nitrogens with one attached hydrogen (secondary N) is 2. The molecule has 2 rings (SSSR count). The van der Waals surface area contributed by atoms with Gasteiger partial charge in [0.05, 0.1) is 6.07 Å². The third-order valence-corrected chi connectivity index (χ3v) is 5.66. The van der Waals surface area contributed by atoms with Crippen LogP contribution in [-0.4, -0.2) is 30.0 Å². The fourth-order valence-electron chi connectivity index (χ4n) is 2.86. The lowest BCUT2D eigenvalue weighted by Crippen LogP contribution is -2.34. The molecule has 10 heteroatoms. The average molecular weight is 453 g/mol. The molecule has 1 aromatic carbocycles. The summed E-state index contributed by atoms with van der Waals surface area (Å²) in [6.07, 6.45) is 1.51. The number of carbonyl (C=O) groups is 2. The summed E-state index contributed by atoms with van der Waals surface area (Å²) in [7, 11) is 1.70. The van der Waals surface area contributed by atoms with Crippen molar-refractivity contribution in [1.29, 1.82) is 10.5 Å². The van der Waals surface area contributed by atoms with E-state index < -0.39 is 5.91 Å². The van der Waals surface area contributed by atoms with Crippen molar-refractivity contribution in [3.8, 4) is 12.1 Å². The van der Waals surface area contributed by atoms with Gasteiger partial charge < -0.3 is 15.5 Å². The summed E-state index contributed by atoms with van der Waals surface area (Å²) in [6.45, 7) is 5.43. The molecule has 0 aliphatic heterocycles. The fourth-order valence-corrected chi connectivity index (χ4v) is 3.95. The molecular formula is C22H24N6O3S. The molecule has 0 spiro atoms. The highest BCUT2D eigenvalue weighted by atomic mass is 32.1. The second kappa shape index (κ2) is 10.9. The molecule has 0 unspecified atom stereocenters. The summed E-state index contributed by atoms with van der Waals surface area (Å²) < 4.78 is 1.87. The first-order chi connectivity index (χ1) is 15.2. The Bertz CT molecular complexity index is 1280. The standard InChI is InChI=1S/C22H24N6O3S/c1-5-28-21(31)18(32-22(28)17(12-24)19(29)25-10-9-23)13-26-15-7-6-8-16(11-15)27(4)20(30)14(2)3/h6-8,11,13-14,26H,5,10H2,1-4H3,(H,25,29)/b18-13+,22-17-. The summed E-state index contributed by atoms with van der Waals surface area (Å²) in [5.41, 5.74) is 0.803. The molecule has 2 amide bonds. The van der Waals surface area contributed by atoms with Crippen LogP contribution in [0.3, 0.4) is 0 Å². The molecule has 166 valence electrons. The number of thiazole rings is 1. The molecule has 0 saturated heterocycles. The van der Waals surface area contributed by atoms with Crippen LogP contribution in [0.5, 0.6) is 0 Å². The van der Waals surface area contributed by atoms with Crippen molar-refractivity contribution in [2.24, 2.45) is 5.92 Å². The third-order valence-electron chi connectivity index (χ3n) is 4.53. The average Bonchev–Trinajstić information content (AvgIpc) is 3.10. The van der Waals surface area contributed by atoms with Crippen molar-refractivity contribution in [3.05, 3.63) is 43.8 Å². The summed E-state index contributed by atoms with van der Waals surface area (Å²) in [5.74, 6) is -0.868. The maximum atomic E-state index is 12.8. The van der Waals surface area contributed by atoms with Gasteiger partial charge in [-0.3, -0.25) is 19.0 Å². The van der Waals surface area contributed by atoms with Gasteiger partial charge in [-0.1, -0.05) is 19.9 Å². The minimum absolute atomic E-state index is 0.0193. The Morgan fingerprint density at radius 3 is 2.62 bits per heavy atom. The third kappa shape index (κ3) is 5.42. The smallest absolute Gasteiger partial charge is 0.270 e. The molecule has 0 aliphatic rings. The summed E-state index contributed by atoms with van der Waals surface area (Å²) in [5, 5.41) is 23.5. The number of hydrogen-bond donors (Lipinski definition) is 2. The second-order valence-corrected chi connectivity index (χ2v) is 8.07. The zero-order valence-electron chi connectivity index (χ0n) is 18.3. The number of aromatic nitrogens is 1. The van der Waals surface area contributed by atoms with Crippen LogP contribution in [0.1, 0.15) is 20.8 Å². The van der Waals surface area contributed by atoms with Crippen molar-refractivity contribution >= 4 is 46.3 Å². The van der Waals surface area contributed by atoms with E-state index in [4.69, 9.17) is 5.26 Å². The molecule has 0 bridgehead atoms. The van der Waals surface area contributed by atoms with Crippen LogP contribution in [0.25, 0.3) is 11.8 Å². The largest absolute Gasteiger partial charge is 0.360 e. The van der Waals surface area contributed by atoms with Crippen LogP contribution >= 0.6 is 11.3 Å². The highest BCUT2D eigenvalue weighted by Gasteiger charge is 2.16. The van der Waals surface area contributed by atoms with E-state index in [1.54, 1.807) is 43.1 Å². The predicted molar refractivity (Wildman–Crippen MR) is 124 cm³/mol. The Morgan fingerprint density at radius 2 is 2.03 bits per heavy atom. The SMILES string of the molecule is CCn1c(=O)/c(=C\Nc2cccc(N(C)C(=O)C(C)C)c2)s/c1=C(/C#N)C(=O)NCC#N.